The van der Waals surface area contributed by atoms with Gasteiger partial charge in [0.2, 0.25) is 5.91 Å². The number of hydrogen-bond donors (Lipinski definition) is 1. The van der Waals surface area contributed by atoms with Crippen LogP contribution in [0.4, 0.5) is 0 Å². The summed E-state index contributed by atoms with van der Waals surface area (Å²) in [5, 5.41) is 7.08. The van der Waals surface area contributed by atoms with Crippen molar-refractivity contribution in [1.82, 2.24) is 5.32 Å². The molecule has 1 aliphatic heterocycles. The van der Waals surface area contributed by atoms with E-state index in [-0.39, 0.29) is 17.9 Å². The number of ether oxygens (including phenoxy) is 2. The van der Waals surface area contributed by atoms with Crippen LogP contribution < -0.4 is 14.8 Å². The van der Waals surface area contributed by atoms with Gasteiger partial charge in [-0.05, 0) is 52.1 Å². The summed E-state index contributed by atoms with van der Waals surface area (Å²) in [5.74, 6) is 1.66. The van der Waals surface area contributed by atoms with Crippen LogP contribution in [-0.4, -0.2) is 19.1 Å². The minimum atomic E-state index is -0.102. The first kappa shape index (κ1) is 16.6. The van der Waals surface area contributed by atoms with Crippen LogP contribution in [0.5, 0.6) is 11.5 Å². The van der Waals surface area contributed by atoms with Crippen LogP contribution in [0, 0.1) is 5.92 Å². The van der Waals surface area contributed by atoms with Crippen LogP contribution in [-0.2, 0) is 4.79 Å². The van der Waals surface area contributed by atoms with Crippen molar-refractivity contribution in [2.45, 2.75) is 19.9 Å². The Morgan fingerprint density at radius 2 is 2.00 bits per heavy atom. The Labute approximate surface area is 146 Å². The maximum Gasteiger partial charge on any atom is 0.244 e. The number of hydrogen-bond acceptors (Lipinski definition) is 4. The third kappa shape index (κ3) is 3.97. The van der Waals surface area contributed by atoms with E-state index < -0.39 is 0 Å². The molecule has 1 N–H and O–H groups in total. The van der Waals surface area contributed by atoms with Crippen molar-refractivity contribution in [3.05, 3.63) is 52.2 Å². The molecule has 2 aromatic rings. The molecule has 1 amide bonds. The predicted molar refractivity (Wildman–Crippen MR) is 96.5 cm³/mol. The van der Waals surface area contributed by atoms with Gasteiger partial charge in [-0.1, -0.05) is 19.9 Å². The Bertz CT molecular complexity index is 722. The quantitative estimate of drug-likeness (QED) is 0.833. The fourth-order valence-corrected chi connectivity index (χ4v) is 3.26. The van der Waals surface area contributed by atoms with Crippen LogP contribution in [0.15, 0.2) is 41.1 Å². The highest BCUT2D eigenvalue weighted by Crippen LogP contribution is 2.34. The number of amides is 1. The molecule has 1 aromatic heterocycles. The molecule has 2 heterocycles. The number of fused-ring (bicyclic) bond motifs is 1. The molecule has 0 fully saturated rings. The van der Waals surface area contributed by atoms with Gasteiger partial charge in [0.15, 0.2) is 11.5 Å². The molecular formula is C19H21NO3S. The summed E-state index contributed by atoms with van der Waals surface area (Å²) in [4.78, 5) is 12.3. The third-order valence-corrected chi connectivity index (χ3v) is 4.56. The largest absolute Gasteiger partial charge is 0.486 e. The van der Waals surface area contributed by atoms with E-state index in [0.717, 1.165) is 22.6 Å². The van der Waals surface area contributed by atoms with Crippen molar-refractivity contribution in [2.24, 2.45) is 5.92 Å². The van der Waals surface area contributed by atoms with Crippen molar-refractivity contribution < 1.29 is 14.3 Å². The molecule has 0 radical (unpaired) electrons. The minimum absolute atomic E-state index is 0.0829. The van der Waals surface area contributed by atoms with Crippen molar-refractivity contribution in [3.63, 3.8) is 0 Å². The monoisotopic (exact) mass is 343 g/mol. The molecule has 0 aliphatic carbocycles. The van der Waals surface area contributed by atoms with Gasteiger partial charge < -0.3 is 14.8 Å². The van der Waals surface area contributed by atoms with Crippen LogP contribution in [0.25, 0.3) is 6.08 Å². The Morgan fingerprint density at radius 3 is 2.71 bits per heavy atom. The van der Waals surface area contributed by atoms with E-state index in [1.165, 1.54) is 0 Å². The molecule has 1 aliphatic rings. The average Bonchev–Trinajstić information content (AvgIpc) is 3.10. The lowest BCUT2D eigenvalue weighted by atomic mass is 9.95. The molecule has 5 heteroatoms. The van der Waals surface area contributed by atoms with Crippen LogP contribution >= 0.6 is 11.3 Å². The average molecular weight is 343 g/mol. The summed E-state index contributed by atoms with van der Waals surface area (Å²) in [6, 6.07) is 7.76. The first-order valence-electron chi connectivity index (χ1n) is 8.04. The normalized spacial score (nSPS) is 14.8. The van der Waals surface area contributed by atoms with Gasteiger partial charge in [0.05, 0.1) is 6.04 Å². The fraction of sp³-hybridized carbons (Fsp3) is 0.316. The molecule has 0 saturated carbocycles. The molecule has 126 valence electrons. The zero-order valence-corrected chi connectivity index (χ0v) is 14.6. The molecule has 1 aromatic carbocycles. The summed E-state index contributed by atoms with van der Waals surface area (Å²) < 4.78 is 11.2. The molecule has 0 bridgehead atoms. The Balaban J connectivity index is 1.73. The second-order valence-electron chi connectivity index (χ2n) is 6.02. The zero-order valence-electron chi connectivity index (χ0n) is 13.8. The topological polar surface area (TPSA) is 47.6 Å². The Kier molecular flexibility index (Phi) is 5.20. The summed E-state index contributed by atoms with van der Waals surface area (Å²) in [6.07, 6.45) is 3.41. The Hall–Kier alpha value is -2.27. The van der Waals surface area contributed by atoms with Crippen molar-refractivity contribution in [1.29, 1.82) is 0 Å². The number of carbonyl (C=O) groups is 1. The highest BCUT2D eigenvalue weighted by molar-refractivity contribution is 7.08. The van der Waals surface area contributed by atoms with Gasteiger partial charge in [0.1, 0.15) is 13.2 Å². The lowest BCUT2D eigenvalue weighted by molar-refractivity contribution is -0.117. The lowest BCUT2D eigenvalue weighted by Crippen LogP contribution is -2.30. The summed E-state index contributed by atoms with van der Waals surface area (Å²) in [5.41, 5.74) is 2.06. The van der Waals surface area contributed by atoms with Gasteiger partial charge in [-0.25, -0.2) is 0 Å². The molecule has 3 rings (SSSR count). The van der Waals surface area contributed by atoms with Crippen molar-refractivity contribution in [2.75, 3.05) is 13.2 Å². The maximum atomic E-state index is 12.3. The molecule has 4 nitrogen and oxygen atoms in total. The van der Waals surface area contributed by atoms with E-state index in [9.17, 15) is 4.79 Å². The second-order valence-corrected chi connectivity index (χ2v) is 6.80. The summed E-state index contributed by atoms with van der Waals surface area (Å²) >= 11 is 1.61. The van der Waals surface area contributed by atoms with Crippen LogP contribution in [0.1, 0.15) is 31.0 Å². The summed E-state index contributed by atoms with van der Waals surface area (Å²) in [6.45, 7) is 5.30. The standard InChI is InChI=1S/C19H21NO3S/c1-13(2)19(20-18(21)6-3-14-7-10-24-12-14)15-4-5-16-17(11-15)23-9-8-22-16/h3-7,10-13,19H,8-9H2,1-2H3,(H,20,21)/b6-3+. The van der Waals surface area contributed by atoms with E-state index in [1.54, 1.807) is 17.4 Å². The van der Waals surface area contributed by atoms with E-state index in [4.69, 9.17) is 9.47 Å². The Morgan fingerprint density at radius 1 is 1.21 bits per heavy atom. The van der Waals surface area contributed by atoms with E-state index in [1.807, 2.05) is 41.1 Å². The predicted octanol–water partition coefficient (Wildman–Crippen LogP) is 4.05. The highest BCUT2D eigenvalue weighted by Gasteiger charge is 2.20. The van der Waals surface area contributed by atoms with Gasteiger partial charge in [-0.3, -0.25) is 4.79 Å². The number of carbonyl (C=O) groups excluding carboxylic acids is 1. The minimum Gasteiger partial charge on any atom is -0.486 e. The van der Waals surface area contributed by atoms with Gasteiger partial charge in [0, 0.05) is 6.08 Å². The third-order valence-electron chi connectivity index (χ3n) is 3.86. The first-order valence-corrected chi connectivity index (χ1v) is 8.98. The molecule has 0 saturated heterocycles. The summed E-state index contributed by atoms with van der Waals surface area (Å²) in [7, 11) is 0. The molecular weight excluding hydrogens is 322 g/mol. The van der Waals surface area contributed by atoms with Gasteiger partial charge in [-0.2, -0.15) is 11.3 Å². The van der Waals surface area contributed by atoms with E-state index in [0.29, 0.717) is 13.2 Å². The lowest BCUT2D eigenvalue weighted by Gasteiger charge is -2.25. The van der Waals surface area contributed by atoms with E-state index in [2.05, 4.69) is 19.2 Å². The van der Waals surface area contributed by atoms with Crippen LogP contribution in [0.3, 0.4) is 0 Å². The SMILES string of the molecule is CC(C)C(NC(=O)/C=C/c1ccsc1)c1ccc2c(c1)OCCO2. The number of thiophene rings is 1. The number of benzene rings is 1. The number of nitrogens with one attached hydrogen (secondary N) is 1. The molecule has 1 atom stereocenters. The van der Waals surface area contributed by atoms with Gasteiger partial charge in [0.25, 0.3) is 0 Å². The zero-order chi connectivity index (χ0) is 16.9. The smallest absolute Gasteiger partial charge is 0.244 e. The van der Waals surface area contributed by atoms with E-state index >= 15 is 0 Å². The van der Waals surface area contributed by atoms with Gasteiger partial charge >= 0.3 is 0 Å². The maximum absolute atomic E-state index is 12.3. The molecule has 0 spiro atoms. The van der Waals surface area contributed by atoms with Crippen LogP contribution in [0.2, 0.25) is 0 Å². The molecule has 1 unspecified atom stereocenters. The first-order chi connectivity index (χ1) is 11.6. The van der Waals surface area contributed by atoms with Gasteiger partial charge in [-0.15, -0.1) is 0 Å². The second kappa shape index (κ2) is 7.53. The van der Waals surface area contributed by atoms with Crippen molar-refractivity contribution >= 4 is 23.3 Å². The highest BCUT2D eigenvalue weighted by atomic mass is 32.1. The fourth-order valence-electron chi connectivity index (χ4n) is 2.63. The van der Waals surface area contributed by atoms with Crippen molar-refractivity contribution in [3.8, 4) is 11.5 Å². The number of rotatable bonds is 5. The molecule has 24 heavy (non-hydrogen) atoms.